The van der Waals surface area contributed by atoms with Crippen molar-refractivity contribution in [3.63, 3.8) is 0 Å². The summed E-state index contributed by atoms with van der Waals surface area (Å²) in [6, 6.07) is 77.0. The summed E-state index contributed by atoms with van der Waals surface area (Å²) in [5.41, 5.74) is 12.9. The highest BCUT2D eigenvalue weighted by Crippen LogP contribution is 2.40. The lowest BCUT2D eigenvalue weighted by atomic mass is 10.0. The molecular weight excluding hydrogens is 755 g/mol. The summed E-state index contributed by atoms with van der Waals surface area (Å²) in [6.45, 7) is 0. The van der Waals surface area contributed by atoms with Gasteiger partial charge in [0.05, 0.1) is 16.6 Å². The minimum absolute atomic E-state index is 0.610. The zero-order chi connectivity index (χ0) is 41.0. The lowest BCUT2D eigenvalue weighted by Crippen LogP contribution is -2.01. The van der Waals surface area contributed by atoms with Crippen molar-refractivity contribution in [3.8, 4) is 67.8 Å². The van der Waals surface area contributed by atoms with Gasteiger partial charge in [0, 0.05) is 50.4 Å². The van der Waals surface area contributed by atoms with Crippen molar-refractivity contribution in [1.82, 2.24) is 24.1 Å². The zero-order valence-corrected chi connectivity index (χ0v) is 33.6. The van der Waals surface area contributed by atoms with E-state index >= 15 is 0 Å². The summed E-state index contributed by atoms with van der Waals surface area (Å²) in [5.74, 6) is 1.85. The molecule has 0 amide bonds. The Morgan fingerprint density at radius 2 is 0.758 bits per heavy atom. The van der Waals surface area contributed by atoms with Crippen LogP contribution in [-0.2, 0) is 0 Å². The predicted octanol–water partition coefficient (Wildman–Crippen LogP) is 14.4. The van der Waals surface area contributed by atoms with Crippen LogP contribution in [0.4, 0.5) is 0 Å². The standard InChI is InChI=1S/C57H37N5/c1-4-15-38(16-5-1)40-19-12-21-42(35-40)55-58-56(43-22-13-20-41(36-43)39-17-6-2-7-18-39)60-57(59-55)44-23-14-26-46(37-44)62-52-28-11-10-27-50(52)54-49-30-31-51-48(47(49)29-32-53(54)62)33-34-61(51)45-24-8-3-9-25-45/h1-37H. The molecule has 3 heterocycles. The van der Waals surface area contributed by atoms with Gasteiger partial charge in [-0.1, -0.05) is 158 Å². The number of nitrogens with zero attached hydrogens (tertiary/aromatic N) is 5. The third-order valence-corrected chi connectivity index (χ3v) is 12.0. The molecule has 290 valence electrons. The first-order chi connectivity index (χ1) is 30.7. The van der Waals surface area contributed by atoms with Crippen molar-refractivity contribution in [2.75, 3.05) is 0 Å². The van der Waals surface area contributed by atoms with Crippen molar-refractivity contribution in [2.45, 2.75) is 0 Å². The summed E-state index contributed by atoms with van der Waals surface area (Å²) in [4.78, 5) is 15.6. The number of aromatic nitrogens is 5. The fourth-order valence-corrected chi connectivity index (χ4v) is 9.08. The summed E-state index contributed by atoms with van der Waals surface area (Å²) in [7, 11) is 0. The zero-order valence-electron chi connectivity index (χ0n) is 33.6. The molecular formula is C57H37N5. The first-order valence-corrected chi connectivity index (χ1v) is 20.9. The average molecular weight is 792 g/mol. The molecule has 5 heteroatoms. The Kier molecular flexibility index (Phi) is 8.42. The van der Waals surface area contributed by atoms with Crippen molar-refractivity contribution in [3.05, 3.63) is 225 Å². The van der Waals surface area contributed by atoms with E-state index in [4.69, 9.17) is 15.0 Å². The van der Waals surface area contributed by atoms with Gasteiger partial charge < -0.3 is 9.13 Å². The van der Waals surface area contributed by atoms with Crippen molar-refractivity contribution in [1.29, 1.82) is 0 Å². The highest BCUT2D eigenvalue weighted by Gasteiger charge is 2.19. The maximum absolute atomic E-state index is 5.22. The second-order valence-electron chi connectivity index (χ2n) is 15.7. The van der Waals surface area contributed by atoms with Crippen molar-refractivity contribution >= 4 is 43.5 Å². The van der Waals surface area contributed by atoms with Crippen molar-refractivity contribution < 1.29 is 0 Å². The molecule has 0 fully saturated rings. The van der Waals surface area contributed by atoms with Crippen molar-refractivity contribution in [2.24, 2.45) is 0 Å². The van der Waals surface area contributed by atoms with Crippen LogP contribution in [0.25, 0.3) is 111 Å². The van der Waals surface area contributed by atoms with Crippen LogP contribution in [-0.4, -0.2) is 24.1 Å². The smallest absolute Gasteiger partial charge is 0.164 e. The fraction of sp³-hybridized carbons (Fsp3) is 0. The number of hydrogen-bond donors (Lipinski definition) is 0. The normalized spacial score (nSPS) is 11.5. The van der Waals surface area contributed by atoms with Crippen LogP contribution < -0.4 is 0 Å². The van der Waals surface area contributed by atoms with Crippen LogP contribution in [0.2, 0.25) is 0 Å². The molecule has 0 N–H and O–H groups in total. The molecule has 0 aliphatic heterocycles. The van der Waals surface area contributed by atoms with Gasteiger partial charge in [-0.25, -0.2) is 15.0 Å². The first-order valence-electron chi connectivity index (χ1n) is 20.9. The molecule has 12 aromatic rings. The minimum Gasteiger partial charge on any atom is -0.317 e. The molecule has 0 saturated heterocycles. The number of fused-ring (bicyclic) bond motifs is 7. The van der Waals surface area contributed by atoms with Crippen LogP contribution in [0.5, 0.6) is 0 Å². The lowest BCUT2D eigenvalue weighted by Gasteiger charge is -2.13. The average Bonchev–Trinajstić information content (AvgIpc) is 3.95. The Bertz CT molecular complexity index is 3520. The quantitative estimate of drug-likeness (QED) is 0.162. The Hall–Kier alpha value is -8.41. The molecule has 3 aromatic heterocycles. The molecule has 0 atom stereocenters. The number of rotatable bonds is 7. The van der Waals surface area contributed by atoms with E-state index in [0.29, 0.717) is 17.5 Å². The Labute approximate surface area is 358 Å². The Morgan fingerprint density at radius 1 is 0.274 bits per heavy atom. The molecule has 0 spiro atoms. The molecule has 0 aliphatic rings. The fourth-order valence-electron chi connectivity index (χ4n) is 9.08. The summed E-state index contributed by atoms with van der Waals surface area (Å²) < 4.78 is 4.65. The van der Waals surface area contributed by atoms with E-state index in [1.165, 1.54) is 32.4 Å². The van der Waals surface area contributed by atoms with E-state index in [1.54, 1.807) is 0 Å². The van der Waals surface area contributed by atoms with Gasteiger partial charge in [-0.15, -0.1) is 0 Å². The van der Waals surface area contributed by atoms with Crippen LogP contribution in [0.15, 0.2) is 225 Å². The maximum atomic E-state index is 5.22. The molecule has 9 aromatic carbocycles. The molecule has 0 aliphatic carbocycles. The van der Waals surface area contributed by atoms with E-state index in [2.05, 4.69) is 222 Å². The number of benzene rings is 9. The SMILES string of the molecule is c1ccc(-c2cccc(-c3nc(-c4cccc(-c5ccccc5)c4)nc(-c4cccc(-n5c6ccccc6c6c7ccc8c(ccn8-c8ccccc8)c7ccc65)c4)n3)c2)cc1. The number of hydrogen-bond acceptors (Lipinski definition) is 3. The second kappa shape index (κ2) is 14.7. The van der Waals surface area contributed by atoms with Gasteiger partial charge in [-0.3, -0.25) is 0 Å². The molecule has 0 unspecified atom stereocenters. The molecule has 0 radical (unpaired) electrons. The van der Waals surface area contributed by atoms with Gasteiger partial charge in [-0.2, -0.15) is 0 Å². The lowest BCUT2D eigenvalue weighted by molar-refractivity contribution is 1.07. The van der Waals surface area contributed by atoms with Crippen LogP contribution >= 0.6 is 0 Å². The molecule has 5 nitrogen and oxygen atoms in total. The Balaban J connectivity index is 1.02. The van der Waals surface area contributed by atoms with Gasteiger partial charge in [0.1, 0.15) is 0 Å². The van der Waals surface area contributed by atoms with Gasteiger partial charge in [0.25, 0.3) is 0 Å². The van der Waals surface area contributed by atoms with Crippen LogP contribution in [0.1, 0.15) is 0 Å². The first kappa shape index (κ1) is 35.5. The largest absolute Gasteiger partial charge is 0.317 e. The van der Waals surface area contributed by atoms with E-state index in [-0.39, 0.29) is 0 Å². The van der Waals surface area contributed by atoms with E-state index in [1.807, 2.05) is 12.1 Å². The highest BCUT2D eigenvalue weighted by molar-refractivity contribution is 6.25. The Morgan fingerprint density at radius 3 is 1.40 bits per heavy atom. The van der Waals surface area contributed by atoms with E-state index in [9.17, 15) is 0 Å². The maximum Gasteiger partial charge on any atom is 0.164 e. The van der Waals surface area contributed by atoms with Gasteiger partial charge in [0.15, 0.2) is 17.5 Å². The minimum atomic E-state index is 0.610. The summed E-state index contributed by atoms with van der Waals surface area (Å²) in [5, 5.41) is 6.14. The van der Waals surface area contributed by atoms with Gasteiger partial charge in [-0.05, 0) is 93.7 Å². The molecule has 0 bridgehead atoms. The van der Waals surface area contributed by atoms with E-state index in [0.717, 1.165) is 61.4 Å². The molecule has 0 saturated carbocycles. The molecule has 62 heavy (non-hydrogen) atoms. The van der Waals surface area contributed by atoms with E-state index < -0.39 is 0 Å². The number of para-hydroxylation sites is 2. The summed E-state index contributed by atoms with van der Waals surface area (Å²) >= 11 is 0. The topological polar surface area (TPSA) is 48.5 Å². The van der Waals surface area contributed by atoms with Crippen LogP contribution in [0.3, 0.4) is 0 Å². The third kappa shape index (κ3) is 6.06. The van der Waals surface area contributed by atoms with Crippen LogP contribution in [0, 0.1) is 0 Å². The monoisotopic (exact) mass is 791 g/mol. The van der Waals surface area contributed by atoms with Gasteiger partial charge in [0.2, 0.25) is 0 Å². The molecule has 12 rings (SSSR count). The highest BCUT2D eigenvalue weighted by atomic mass is 15.0. The third-order valence-electron chi connectivity index (χ3n) is 12.0. The second-order valence-corrected chi connectivity index (χ2v) is 15.7. The predicted molar refractivity (Wildman–Crippen MR) is 256 cm³/mol. The van der Waals surface area contributed by atoms with Gasteiger partial charge >= 0.3 is 0 Å². The summed E-state index contributed by atoms with van der Waals surface area (Å²) in [6.07, 6.45) is 2.18.